The molecular weight excluding hydrogens is 306 g/mol. The first-order valence-corrected chi connectivity index (χ1v) is 8.44. The SMILES string of the molecule is CSc1nnc(Sc2ccc(C(C)N)c(Cl)c2)s1. The van der Waals surface area contributed by atoms with Crippen molar-refractivity contribution in [3.63, 3.8) is 0 Å². The van der Waals surface area contributed by atoms with Crippen molar-refractivity contribution in [1.29, 1.82) is 0 Å². The van der Waals surface area contributed by atoms with E-state index in [1.807, 2.05) is 31.4 Å². The molecule has 2 N–H and O–H groups in total. The number of halogens is 1. The summed E-state index contributed by atoms with van der Waals surface area (Å²) in [7, 11) is 0. The largest absolute Gasteiger partial charge is 0.324 e. The van der Waals surface area contributed by atoms with E-state index in [1.54, 1.807) is 34.9 Å². The monoisotopic (exact) mass is 317 g/mol. The Morgan fingerprint density at radius 3 is 2.61 bits per heavy atom. The maximum atomic E-state index is 6.19. The van der Waals surface area contributed by atoms with Gasteiger partial charge in [0.05, 0.1) is 0 Å². The Hall–Kier alpha value is -0.270. The second-order valence-corrected chi connectivity index (χ2v) is 7.37. The van der Waals surface area contributed by atoms with Crippen LogP contribution in [0.3, 0.4) is 0 Å². The molecule has 0 aliphatic heterocycles. The van der Waals surface area contributed by atoms with Gasteiger partial charge in [-0.1, -0.05) is 52.5 Å². The molecule has 1 unspecified atom stereocenters. The third-order valence-electron chi connectivity index (χ3n) is 2.23. The van der Waals surface area contributed by atoms with E-state index in [9.17, 15) is 0 Å². The average molecular weight is 318 g/mol. The van der Waals surface area contributed by atoms with E-state index in [-0.39, 0.29) is 6.04 Å². The lowest BCUT2D eigenvalue weighted by molar-refractivity contribution is 0.817. The van der Waals surface area contributed by atoms with Crippen molar-refractivity contribution in [2.24, 2.45) is 5.73 Å². The van der Waals surface area contributed by atoms with E-state index in [1.165, 1.54) is 0 Å². The van der Waals surface area contributed by atoms with Crippen LogP contribution in [-0.4, -0.2) is 16.5 Å². The lowest BCUT2D eigenvalue weighted by Gasteiger charge is -2.08. The van der Waals surface area contributed by atoms with Crippen molar-refractivity contribution in [2.75, 3.05) is 6.26 Å². The Kier molecular flexibility index (Phi) is 4.91. The molecule has 2 aromatic rings. The Morgan fingerprint density at radius 2 is 2.06 bits per heavy atom. The Morgan fingerprint density at radius 1 is 1.33 bits per heavy atom. The van der Waals surface area contributed by atoms with Crippen LogP contribution in [0.4, 0.5) is 0 Å². The van der Waals surface area contributed by atoms with E-state index in [0.29, 0.717) is 5.02 Å². The van der Waals surface area contributed by atoms with E-state index in [2.05, 4.69) is 10.2 Å². The quantitative estimate of drug-likeness (QED) is 0.861. The van der Waals surface area contributed by atoms with E-state index < -0.39 is 0 Å². The van der Waals surface area contributed by atoms with Crippen LogP contribution in [0.5, 0.6) is 0 Å². The van der Waals surface area contributed by atoms with Gasteiger partial charge < -0.3 is 5.73 Å². The summed E-state index contributed by atoms with van der Waals surface area (Å²) >= 11 is 10.9. The van der Waals surface area contributed by atoms with Crippen LogP contribution in [0, 0.1) is 0 Å². The summed E-state index contributed by atoms with van der Waals surface area (Å²) in [6, 6.07) is 5.84. The van der Waals surface area contributed by atoms with Crippen molar-refractivity contribution >= 4 is 46.5 Å². The number of rotatable bonds is 4. The molecule has 3 nitrogen and oxygen atoms in total. The fourth-order valence-electron chi connectivity index (χ4n) is 1.36. The van der Waals surface area contributed by atoms with Crippen molar-refractivity contribution in [3.05, 3.63) is 28.8 Å². The third-order valence-corrected chi connectivity index (χ3v) is 5.50. The summed E-state index contributed by atoms with van der Waals surface area (Å²) < 4.78 is 1.89. The van der Waals surface area contributed by atoms with E-state index in [4.69, 9.17) is 17.3 Å². The second-order valence-electron chi connectivity index (χ2n) is 3.61. The first-order valence-electron chi connectivity index (χ1n) is 5.20. The molecule has 96 valence electrons. The molecule has 0 bridgehead atoms. The first kappa shape index (κ1) is 14.1. The van der Waals surface area contributed by atoms with Crippen molar-refractivity contribution in [1.82, 2.24) is 10.2 Å². The number of hydrogen-bond acceptors (Lipinski definition) is 6. The predicted molar refractivity (Wildman–Crippen MR) is 79.9 cm³/mol. The van der Waals surface area contributed by atoms with Gasteiger partial charge in [0.1, 0.15) is 0 Å². The van der Waals surface area contributed by atoms with Crippen LogP contribution in [-0.2, 0) is 0 Å². The Balaban J connectivity index is 2.17. The molecule has 0 fully saturated rings. The highest BCUT2D eigenvalue weighted by molar-refractivity contribution is 8.03. The van der Waals surface area contributed by atoms with Crippen molar-refractivity contribution < 1.29 is 0 Å². The van der Waals surface area contributed by atoms with Crippen molar-refractivity contribution in [2.45, 2.75) is 26.5 Å². The lowest BCUT2D eigenvalue weighted by atomic mass is 10.1. The minimum absolute atomic E-state index is 0.0545. The predicted octanol–water partition coefficient (Wildman–Crippen LogP) is 4.08. The maximum Gasteiger partial charge on any atom is 0.179 e. The van der Waals surface area contributed by atoms with Gasteiger partial charge in [-0.05, 0) is 30.9 Å². The average Bonchev–Trinajstić information content (AvgIpc) is 2.76. The van der Waals surface area contributed by atoms with Crippen LogP contribution in [0.25, 0.3) is 0 Å². The van der Waals surface area contributed by atoms with Crippen LogP contribution < -0.4 is 5.73 Å². The molecule has 0 radical (unpaired) electrons. The van der Waals surface area contributed by atoms with Crippen molar-refractivity contribution in [3.8, 4) is 0 Å². The van der Waals surface area contributed by atoms with Gasteiger partial charge in [-0.25, -0.2) is 0 Å². The highest BCUT2D eigenvalue weighted by atomic mass is 35.5. The number of nitrogens with zero attached hydrogens (tertiary/aromatic N) is 2. The minimum Gasteiger partial charge on any atom is -0.324 e. The summed E-state index contributed by atoms with van der Waals surface area (Å²) in [6.45, 7) is 1.92. The number of nitrogens with two attached hydrogens (primary N) is 1. The topological polar surface area (TPSA) is 51.8 Å². The van der Waals surface area contributed by atoms with Gasteiger partial charge in [0.25, 0.3) is 0 Å². The summed E-state index contributed by atoms with van der Waals surface area (Å²) in [4.78, 5) is 1.05. The van der Waals surface area contributed by atoms with Gasteiger partial charge in [-0.15, -0.1) is 10.2 Å². The molecule has 7 heteroatoms. The fourth-order valence-corrected chi connectivity index (χ4v) is 4.23. The molecule has 1 aromatic heterocycles. The van der Waals surface area contributed by atoms with Crippen LogP contribution in [0.1, 0.15) is 18.5 Å². The summed E-state index contributed by atoms with van der Waals surface area (Å²) in [6.07, 6.45) is 1.99. The Labute approximate surface area is 124 Å². The molecule has 2 rings (SSSR count). The third kappa shape index (κ3) is 3.39. The molecule has 18 heavy (non-hydrogen) atoms. The van der Waals surface area contributed by atoms with E-state index in [0.717, 1.165) is 19.1 Å². The van der Waals surface area contributed by atoms with Gasteiger partial charge >= 0.3 is 0 Å². The molecule has 0 aliphatic rings. The van der Waals surface area contributed by atoms with Crippen LogP contribution in [0.2, 0.25) is 5.02 Å². The molecule has 0 saturated heterocycles. The molecule has 0 spiro atoms. The van der Waals surface area contributed by atoms with E-state index >= 15 is 0 Å². The zero-order chi connectivity index (χ0) is 13.1. The maximum absolute atomic E-state index is 6.19. The second kappa shape index (κ2) is 6.25. The molecular formula is C11H12ClN3S3. The normalized spacial score (nSPS) is 12.7. The fraction of sp³-hybridized carbons (Fsp3) is 0.273. The zero-order valence-electron chi connectivity index (χ0n) is 9.88. The van der Waals surface area contributed by atoms with Gasteiger partial charge in [0, 0.05) is 16.0 Å². The molecule has 0 amide bonds. The minimum atomic E-state index is -0.0545. The van der Waals surface area contributed by atoms with Gasteiger partial charge in [0.15, 0.2) is 8.68 Å². The Bertz CT molecular complexity index is 542. The van der Waals surface area contributed by atoms with Crippen LogP contribution >= 0.6 is 46.5 Å². The smallest absolute Gasteiger partial charge is 0.179 e. The highest BCUT2D eigenvalue weighted by Gasteiger charge is 2.09. The molecule has 1 aromatic carbocycles. The summed E-state index contributed by atoms with van der Waals surface area (Å²) in [5.74, 6) is 0. The number of benzene rings is 1. The number of hydrogen-bond donors (Lipinski definition) is 1. The molecule has 1 heterocycles. The van der Waals surface area contributed by atoms with Crippen LogP contribution in [0.15, 0.2) is 31.8 Å². The lowest BCUT2D eigenvalue weighted by Crippen LogP contribution is -2.05. The van der Waals surface area contributed by atoms with Gasteiger partial charge in [-0.3, -0.25) is 0 Å². The highest BCUT2D eigenvalue weighted by Crippen LogP contribution is 2.35. The zero-order valence-corrected chi connectivity index (χ0v) is 13.1. The van der Waals surface area contributed by atoms with Gasteiger partial charge in [-0.2, -0.15) is 0 Å². The molecule has 1 atom stereocenters. The standard InChI is InChI=1S/C11H12ClN3S3/c1-6(13)8-4-3-7(5-9(8)12)17-11-15-14-10(16-2)18-11/h3-6H,13H2,1-2H3. The molecule has 0 saturated carbocycles. The number of aromatic nitrogens is 2. The first-order chi connectivity index (χ1) is 8.60. The molecule has 0 aliphatic carbocycles. The van der Waals surface area contributed by atoms with Gasteiger partial charge in [0.2, 0.25) is 0 Å². The summed E-state index contributed by atoms with van der Waals surface area (Å²) in [5, 5.41) is 8.87. The number of thioether (sulfide) groups is 1. The summed E-state index contributed by atoms with van der Waals surface area (Å²) in [5.41, 5.74) is 6.79.